The average Bonchev–Trinajstić information content (AvgIpc) is 3.18. The summed E-state index contributed by atoms with van der Waals surface area (Å²) >= 11 is 0. The lowest BCUT2D eigenvalue weighted by Gasteiger charge is -2.23. The van der Waals surface area contributed by atoms with E-state index < -0.39 is 0 Å². The molecule has 1 aromatic carbocycles. The Labute approximate surface area is 114 Å². The van der Waals surface area contributed by atoms with Gasteiger partial charge in [0.15, 0.2) is 0 Å². The Morgan fingerprint density at radius 3 is 2.11 bits per heavy atom. The monoisotopic (exact) mass is 266 g/mol. The number of rotatable bonds is 5. The van der Waals surface area contributed by atoms with Crippen LogP contribution < -0.4 is 4.74 Å². The van der Waals surface area contributed by atoms with E-state index in [4.69, 9.17) is 9.47 Å². The largest absolute Gasteiger partial charge is 0.490 e. The van der Waals surface area contributed by atoms with Crippen LogP contribution in [0, 0.1) is 0 Å². The molecule has 1 saturated heterocycles. The Hall–Kier alpha value is -1.10. The number of hydrogen-bond acceptors (Lipinski definition) is 4. The molecule has 0 aliphatic carbocycles. The summed E-state index contributed by atoms with van der Waals surface area (Å²) < 4.78 is 10.8. The lowest BCUT2D eigenvalue weighted by atomic mass is 9.85. The summed E-state index contributed by atoms with van der Waals surface area (Å²) in [5.74, 6) is 0.591. The molecule has 106 valence electrons. The summed E-state index contributed by atoms with van der Waals surface area (Å²) in [5, 5.41) is 19.0. The van der Waals surface area contributed by atoms with Crippen molar-refractivity contribution in [1.82, 2.24) is 0 Å². The van der Waals surface area contributed by atoms with Gasteiger partial charge in [0, 0.05) is 11.1 Å². The van der Waals surface area contributed by atoms with Gasteiger partial charge in [-0.1, -0.05) is 20.8 Å². The summed E-state index contributed by atoms with van der Waals surface area (Å²) in [5.41, 5.74) is 2.48. The van der Waals surface area contributed by atoms with Gasteiger partial charge in [-0.3, -0.25) is 0 Å². The molecule has 1 heterocycles. The molecule has 1 atom stereocenters. The summed E-state index contributed by atoms with van der Waals surface area (Å²) in [6.07, 6.45) is 0.153. The molecular weight excluding hydrogens is 244 g/mol. The minimum atomic E-state index is -0.0994. The Bertz CT molecular complexity index is 419. The first-order chi connectivity index (χ1) is 8.95. The normalized spacial score (nSPS) is 18.5. The van der Waals surface area contributed by atoms with Crippen molar-refractivity contribution in [3.8, 4) is 5.75 Å². The number of aliphatic hydroxyl groups excluding tert-OH is 2. The van der Waals surface area contributed by atoms with E-state index in [1.165, 1.54) is 0 Å². The molecule has 0 radical (unpaired) electrons. The minimum Gasteiger partial charge on any atom is -0.490 e. The van der Waals surface area contributed by atoms with Gasteiger partial charge in [0.2, 0.25) is 0 Å². The second-order valence-corrected chi connectivity index (χ2v) is 5.96. The van der Waals surface area contributed by atoms with Crippen molar-refractivity contribution in [3.05, 3.63) is 28.8 Å². The highest BCUT2D eigenvalue weighted by Gasteiger charge is 2.25. The van der Waals surface area contributed by atoms with E-state index in [9.17, 15) is 10.2 Å². The lowest BCUT2D eigenvalue weighted by molar-refractivity contribution is 0.229. The quantitative estimate of drug-likeness (QED) is 0.797. The second-order valence-electron chi connectivity index (χ2n) is 5.96. The predicted molar refractivity (Wildman–Crippen MR) is 72.2 cm³/mol. The van der Waals surface area contributed by atoms with Gasteiger partial charge in [-0.15, -0.1) is 0 Å². The first kappa shape index (κ1) is 14.3. The number of benzene rings is 1. The Kier molecular flexibility index (Phi) is 4.13. The minimum absolute atomic E-state index is 0.0357. The Morgan fingerprint density at radius 1 is 1.21 bits per heavy atom. The molecule has 1 fully saturated rings. The van der Waals surface area contributed by atoms with E-state index in [0.29, 0.717) is 12.4 Å². The van der Waals surface area contributed by atoms with Crippen molar-refractivity contribution in [2.24, 2.45) is 0 Å². The number of ether oxygens (including phenoxy) is 2. The van der Waals surface area contributed by atoms with Gasteiger partial charge in [0.25, 0.3) is 0 Å². The molecule has 4 heteroatoms. The number of aliphatic hydroxyl groups is 2. The predicted octanol–water partition coefficient (Wildman–Crippen LogP) is 1.75. The molecule has 0 amide bonds. The van der Waals surface area contributed by atoms with E-state index in [1.807, 2.05) is 12.1 Å². The molecule has 1 aliphatic heterocycles. The van der Waals surface area contributed by atoms with E-state index in [0.717, 1.165) is 23.3 Å². The van der Waals surface area contributed by atoms with Gasteiger partial charge in [0.05, 0.1) is 19.8 Å². The van der Waals surface area contributed by atoms with Crippen molar-refractivity contribution in [2.45, 2.75) is 45.5 Å². The second kappa shape index (κ2) is 5.49. The maximum absolute atomic E-state index is 9.52. The zero-order valence-corrected chi connectivity index (χ0v) is 11.8. The third-order valence-electron chi connectivity index (χ3n) is 3.27. The fraction of sp³-hybridized carbons (Fsp3) is 0.600. The molecular formula is C15H22O4. The van der Waals surface area contributed by atoms with Crippen molar-refractivity contribution < 1.29 is 19.7 Å². The van der Waals surface area contributed by atoms with Crippen LogP contribution in [-0.4, -0.2) is 29.5 Å². The third-order valence-corrected chi connectivity index (χ3v) is 3.27. The van der Waals surface area contributed by atoms with Crippen LogP contribution in [0.2, 0.25) is 0 Å². The van der Waals surface area contributed by atoms with Gasteiger partial charge in [-0.2, -0.15) is 0 Å². The van der Waals surface area contributed by atoms with Gasteiger partial charge in [-0.05, 0) is 23.1 Å². The molecule has 0 spiro atoms. The van der Waals surface area contributed by atoms with Crippen molar-refractivity contribution in [3.63, 3.8) is 0 Å². The van der Waals surface area contributed by atoms with Crippen LogP contribution in [0.5, 0.6) is 5.75 Å². The third kappa shape index (κ3) is 3.47. The van der Waals surface area contributed by atoms with E-state index in [1.54, 1.807) is 0 Å². The molecule has 0 bridgehead atoms. The number of epoxide rings is 1. The smallest absolute Gasteiger partial charge is 0.130 e. The van der Waals surface area contributed by atoms with Crippen LogP contribution in [0.15, 0.2) is 12.1 Å². The Balaban J connectivity index is 2.33. The zero-order chi connectivity index (χ0) is 14.0. The van der Waals surface area contributed by atoms with Crippen molar-refractivity contribution >= 4 is 0 Å². The highest BCUT2D eigenvalue weighted by Crippen LogP contribution is 2.32. The van der Waals surface area contributed by atoms with E-state index >= 15 is 0 Å². The van der Waals surface area contributed by atoms with Gasteiger partial charge < -0.3 is 19.7 Å². The Morgan fingerprint density at radius 2 is 1.74 bits per heavy atom. The standard InChI is InChI=1S/C15H22O4/c1-15(2,3)12-4-10(6-16)14(11(5-12)7-17)19-9-13-8-18-13/h4-5,13,16-17H,6-9H2,1-3H3. The summed E-state index contributed by atoms with van der Waals surface area (Å²) in [6.45, 7) is 7.29. The van der Waals surface area contributed by atoms with Crippen LogP contribution >= 0.6 is 0 Å². The average molecular weight is 266 g/mol. The lowest BCUT2D eigenvalue weighted by Crippen LogP contribution is -2.14. The van der Waals surface area contributed by atoms with Crippen LogP contribution in [0.25, 0.3) is 0 Å². The van der Waals surface area contributed by atoms with Crippen molar-refractivity contribution in [1.29, 1.82) is 0 Å². The SMILES string of the molecule is CC(C)(C)c1cc(CO)c(OCC2CO2)c(CO)c1. The zero-order valence-electron chi connectivity index (χ0n) is 11.8. The van der Waals surface area contributed by atoms with Crippen LogP contribution in [0.1, 0.15) is 37.5 Å². The molecule has 1 aliphatic rings. The van der Waals surface area contributed by atoms with Crippen LogP contribution in [0.3, 0.4) is 0 Å². The highest BCUT2D eigenvalue weighted by molar-refractivity contribution is 5.46. The first-order valence-electron chi connectivity index (χ1n) is 6.58. The van der Waals surface area contributed by atoms with E-state index in [2.05, 4.69) is 20.8 Å². The molecule has 19 heavy (non-hydrogen) atoms. The van der Waals surface area contributed by atoms with Crippen molar-refractivity contribution in [2.75, 3.05) is 13.2 Å². The molecule has 0 aromatic heterocycles. The van der Waals surface area contributed by atoms with Gasteiger partial charge in [-0.25, -0.2) is 0 Å². The van der Waals surface area contributed by atoms with Crippen LogP contribution in [-0.2, 0) is 23.4 Å². The topological polar surface area (TPSA) is 62.2 Å². The maximum atomic E-state index is 9.52. The summed E-state index contributed by atoms with van der Waals surface area (Å²) in [7, 11) is 0. The van der Waals surface area contributed by atoms with Crippen LogP contribution in [0.4, 0.5) is 0 Å². The molecule has 2 N–H and O–H groups in total. The number of hydrogen-bond donors (Lipinski definition) is 2. The summed E-state index contributed by atoms with van der Waals surface area (Å²) in [6, 6.07) is 3.89. The van der Waals surface area contributed by atoms with Gasteiger partial charge >= 0.3 is 0 Å². The molecule has 0 saturated carbocycles. The fourth-order valence-electron chi connectivity index (χ4n) is 1.95. The maximum Gasteiger partial charge on any atom is 0.130 e. The van der Waals surface area contributed by atoms with E-state index in [-0.39, 0.29) is 24.7 Å². The highest BCUT2D eigenvalue weighted by atomic mass is 16.6. The van der Waals surface area contributed by atoms with Gasteiger partial charge in [0.1, 0.15) is 18.5 Å². The molecule has 2 rings (SSSR count). The molecule has 4 nitrogen and oxygen atoms in total. The molecule has 1 aromatic rings. The first-order valence-corrected chi connectivity index (χ1v) is 6.58. The molecule has 1 unspecified atom stereocenters. The summed E-state index contributed by atoms with van der Waals surface area (Å²) in [4.78, 5) is 0. The fourth-order valence-corrected chi connectivity index (χ4v) is 1.95.